The zero-order valence-electron chi connectivity index (χ0n) is 31.8. The van der Waals surface area contributed by atoms with Gasteiger partial charge in [0.05, 0.1) is 54.1 Å². The molecule has 1 N–H and O–H groups in total. The first kappa shape index (κ1) is 36.1. The number of hydrogen-bond donors (Lipinski definition) is 1. The van der Waals surface area contributed by atoms with Crippen molar-refractivity contribution in [3.05, 3.63) is 77.9 Å². The molecular weight excluding hydrogens is 748 g/mol. The average Bonchev–Trinajstić information content (AvgIpc) is 3.70. The Morgan fingerprint density at radius 3 is 2.59 bits per heavy atom. The van der Waals surface area contributed by atoms with Crippen LogP contribution < -0.4 is 19.9 Å². The minimum absolute atomic E-state index is 0.0454. The molecule has 5 amide bonds. The van der Waals surface area contributed by atoms with E-state index in [9.17, 15) is 24.0 Å². The molecule has 3 aromatic heterocycles. The van der Waals surface area contributed by atoms with Crippen molar-refractivity contribution in [3.8, 4) is 5.75 Å². The number of carbonyl (C=O) groups is 5. The smallest absolute Gasteiger partial charge is 0.262 e. The Hall–Kier alpha value is -6.23. The minimum atomic E-state index is -1.45. The van der Waals surface area contributed by atoms with Gasteiger partial charge < -0.3 is 14.5 Å². The number of piperidine rings is 2. The summed E-state index contributed by atoms with van der Waals surface area (Å²) in [6.45, 7) is 2.48. The zero-order chi connectivity index (χ0) is 39.9. The molecule has 4 fully saturated rings. The molecule has 0 radical (unpaired) electrons. The second-order valence-electron chi connectivity index (χ2n) is 16.2. The fourth-order valence-corrected chi connectivity index (χ4v) is 8.70. The van der Waals surface area contributed by atoms with E-state index in [1.54, 1.807) is 59.3 Å². The van der Waals surface area contributed by atoms with Gasteiger partial charge in [-0.25, -0.2) is 13.9 Å². The molecule has 7 heterocycles. The Bertz CT molecular complexity index is 2530. The molecule has 3 saturated heterocycles. The van der Waals surface area contributed by atoms with Gasteiger partial charge in [0.1, 0.15) is 17.5 Å². The van der Waals surface area contributed by atoms with Crippen LogP contribution in [-0.2, 0) is 9.59 Å². The van der Waals surface area contributed by atoms with E-state index in [1.807, 2.05) is 27.9 Å². The summed E-state index contributed by atoms with van der Waals surface area (Å²) < 4.78 is 25.9. The van der Waals surface area contributed by atoms with Gasteiger partial charge >= 0.3 is 0 Å². The Morgan fingerprint density at radius 1 is 1.02 bits per heavy atom. The topological polar surface area (TPSA) is 168 Å². The van der Waals surface area contributed by atoms with Crippen LogP contribution in [0.2, 0.25) is 0 Å². The van der Waals surface area contributed by atoms with E-state index in [4.69, 9.17) is 9.84 Å². The number of fused-ring (bicyclic) bond motifs is 3. The van der Waals surface area contributed by atoms with Crippen molar-refractivity contribution in [1.29, 1.82) is 0 Å². The molecule has 5 aromatic rings. The maximum Gasteiger partial charge on any atom is 0.262 e. The van der Waals surface area contributed by atoms with Crippen molar-refractivity contribution in [2.45, 2.75) is 56.3 Å². The van der Waals surface area contributed by atoms with E-state index in [0.717, 1.165) is 41.5 Å². The average molecular weight is 789 g/mol. The Morgan fingerprint density at radius 2 is 1.81 bits per heavy atom. The maximum absolute atomic E-state index is 16.1. The monoisotopic (exact) mass is 788 g/mol. The first-order valence-corrected chi connectivity index (χ1v) is 19.8. The number of nitrogens with zero attached hydrogens (tertiary/aromatic N) is 9. The fourth-order valence-electron chi connectivity index (χ4n) is 8.70. The maximum atomic E-state index is 16.1. The molecule has 0 spiro atoms. The van der Waals surface area contributed by atoms with E-state index < -0.39 is 35.3 Å². The van der Waals surface area contributed by atoms with Crippen molar-refractivity contribution in [2.75, 3.05) is 56.2 Å². The summed E-state index contributed by atoms with van der Waals surface area (Å²) in [5, 5.41) is 12.3. The van der Waals surface area contributed by atoms with Gasteiger partial charge in [0, 0.05) is 68.8 Å². The normalized spacial score (nSPS) is 21.1. The van der Waals surface area contributed by atoms with Crippen molar-refractivity contribution >= 4 is 57.5 Å². The molecule has 1 atom stereocenters. The van der Waals surface area contributed by atoms with Crippen molar-refractivity contribution < 1.29 is 33.1 Å². The van der Waals surface area contributed by atoms with E-state index in [2.05, 4.69) is 20.3 Å². The summed E-state index contributed by atoms with van der Waals surface area (Å²) in [4.78, 5) is 75.4. The third-order valence-electron chi connectivity index (χ3n) is 12.1. The van der Waals surface area contributed by atoms with Crippen LogP contribution >= 0.6 is 0 Å². The van der Waals surface area contributed by atoms with Crippen LogP contribution in [0, 0.1) is 5.92 Å². The highest BCUT2D eigenvalue weighted by Gasteiger charge is 2.48. The van der Waals surface area contributed by atoms with Gasteiger partial charge in [0.15, 0.2) is 11.3 Å². The molecule has 1 unspecified atom stereocenters. The molecular formula is C41H41FN10O6. The van der Waals surface area contributed by atoms with Crippen LogP contribution in [0.5, 0.6) is 5.75 Å². The van der Waals surface area contributed by atoms with Crippen molar-refractivity contribution in [2.24, 2.45) is 5.92 Å². The van der Waals surface area contributed by atoms with E-state index in [1.165, 1.54) is 0 Å². The fraction of sp³-hybridized carbons (Fsp3) is 0.415. The van der Waals surface area contributed by atoms with Crippen LogP contribution in [-0.4, -0.2) is 122 Å². The molecule has 1 saturated carbocycles. The molecule has 58 heavy (non-hydrogen) atoms. The summed E-state index contributed by atoms with van der Waals surface area (Å²) in [5.41, 5.74) is 1.90. The summed E-state index contributed by atoms with van der Waals surface area (Å²) >= 11 is 0. The molecule has 16 nitrogen and oxygen atoms in total. The first-order valence-electron chi connectivity index (χ1n) is 19.8. The predicted octanol–water partition coefficient (Wildman–Crippen LogP) is 3.41. The third-order valence-corrected chi connectivity index (χ3v) is 12.1. The van der Waals surface area contributed by atoms with Crippen LogP contribution in [0.4, 0.5) is 15.8 Å². The standard InChI is InChI=1S/C41H41FN10O6/c1-47(33-18-44-50-12-2-11-43-36(33)50)38(55)30-15-25-19-51(46-31(25)17-34(30)58-20-24-3-4-24)26-9-13-48(14-10-26)21-41(42)22-49(23-41)27-5-6-28-29(16-27)40(57)52(39(28)56)32-7-8-35(53)45-37(32)54/h2,5-6,11-12,15-19,24,26,32H,3-4,7-10,13-14,20-23H2,1H3,(H,45,53,54). The number of ether oxygens (including phenoxy) is 1. The number of imide groups is 2. The third kappa shape index (κ3) is 6.33. The van der Waals surface area contributed by atoms with Crippen molar-refractivity contribution in [1.82, 2.24) is 39.5 Å². The number of halogens is 1. The highest BCUT2D eigenvalue weighted by Crippen LogP contribution is 2.38. The molecule has 0 bridgehead atoms. The lowest BCUT2D eigenvalue weighted by Crippen LogP contribution is -2.64. The number of anilines is 2. The van der Waals surface area contributed by atoms with Gasteiger partial charge in [-0.2, -0.15) is 10.2 Å². The van der Waals surface area contributed by atoms with E-state index in [-0.39, 0.29) is 55.6 Å². The van der Waals surface area contributed by atoms with Gasteiger partial charge in [-0.05, 0) is 68.4 Å². The quantitative estimate of drug-likeness (QED) is 0.206. The van der Waals surface area contributed by atoms with Crippen LogP contribution in [0.15, 0.2) is 61.2 Å². The zero-order valence-corrected chi connectivity index (χ0v) is 31.8. The number of carbonyl (C=O) groups excluding carboxylic acids is 5. The van der Waals surface area contributed by atoms with E-state index in [0.29, 0.717) is 53.9 Å². The lowest BCUT2D eigenvalue weighted by molar-refractivity contribution is -0.136. The predicted molar refractivity (Wildman–Crippen MR) is 208 cm³/mol. The Kier molecular flexibility index (Phi) is 8.54. The highest BCUT2D eigenvalue weighted by atomic mass is 19.1. The van der Waals surface area contributed by atoms with Gasteiger partial charge in [0.2, 0.25) is 11.8 Å². The number of aromatic nitrogens is 5. The summed E-state index contributed by atoms with van der Waals surface area (Å²) in [6, 6.07) is 9.41. The number of benzene rings is 2. The molecule has 1 aliphatic carbocycles. The highest BCUT2D eigenvalue weighted by molar-refractivity contribution is 6.23. The molecule has 17 heteroatoms. The SMILES string of the molecule is CN(C(=O)c1cc2cn(C3CCN(CC4(F)CN(c5ccc6c(c5)C(=O)N(C5CCC(=O)NC5=O)C6=O)C4)CC3)nc2cc1OCC1CC1)c1cnn2cccnc12. The number of amides is 5. The van der Waals surface area contributed by atoms with Gasteiger partial charge in [-0.15, -0.1) is 0 Å². The number of rotatable bonds is 10. The minimum Gasteiger partial charge on any atom is -0.492 e. The Labute approximate surface area is 331 Å². The Balaban J connectivity index is 0.781. The van der Waals surface area contributed by atoms with Gasteiger partial charge in [-0.1, -0.05) is 0 Å². The molecule has 298 valence electrons. The first-order chi connectivity index (χ1) is 28.0. The molecule has 2 aromatic carbocycles. The van der Waals surface area contributed by atoms with Crippen LogP contribution in [0.3, 0.4) is 0 Å². The second kappa shape index (κ2) is 13.7. The summed E-state index contributed by atoms with van der Waals surface area (Å²) in [6.07, 6.45) is 11.0. The number of nitrogens with one attached hydrogen (secondary N) is 1. The second-order valence-corrected chi connectivity index (χ2v) is 16.2. The lowest BCUT2D eigenvalue weighted by atomic mass is 9.92. The van der Waals surface area contributed by atoms with Crippen LogP contribution in [0.1, 0.15) is 75.6 Å². The van der Waals surface area contributed by atoms with Crippen molar-refractivity contribution in [3.63, 3.8) is 0 Å². The van der Waals surface area contributed by atoms with Gasteiger partial charge in [0.25, 0.3) is 17.7 Å². The number of alkyl halides is 1. The summed E-state index contributed by atoms with van der Waals surface area (Å²) in [7, 11) is 1.71. The van der Waals surface area contributed by atoms with Gasteiger partial charge in [-0.3, -0.25) is 43.8 Å². The molecule has 10 rings (SSSR count). The number of likely N-dealkylation sites (tertiary alicyclic amines) is 1. The van der Waals surface area contributed by atoms with Crippen LogP contribution in [0.25, 0.3) is 16.6 Å². The largest absolute Gasteiger partial charge is 0.492 e. The van der Waals surface area contributed by atoms with E-state index >= 15 is 4.39 Å². The number of hydrogen-bond acceptors (Lipinski definition) is 11. The molecule has 4 aliphatic heterocycles. The lowest BCUT2D eigenvalue weighted by Gasteiger charge is -2.48. The summed E-state index contributed by atoms with van der Waals surface area (Å²) in [5.74, 6) is -1.49. The molecule has 5 aliphatic rings.